The Labute approximate surface area is 56.0 Å². The summed E-state index contributed by atoms with van der Waals surface area (Å²) < 4.78 is 0. The van der Waals surface area contributed by atoms with Crippen LogP contribution in [0.4, 0.5) is 0 Å². The van der Waals surface area contributed by atoms with Gasteiger partial charge in [-0.05, 0) is 24.5 Å². The molecule has 0 heterocycles. The van der Waals surface area contributed by atoms with Crippen molar-refractivity contribution in [3.8, 4) is 0 Å². The van der Waals surface area contributed by atoms with Gasteiger partial charge in [0, 0.05) is 0 Å². The van der Waals surface area contributed by atoms with Crippen molar-refractivity contribution in [3.05, 3.63) is 0 Å². The number of nitrogens with two attached hydrogens (primary N) is 1. The van der Waals surface area contributed by atoms with Crippen molar-refractivity contribution in [3.63, 3.8) is 0 Å². The average Bonchev–Trinajstić information content (AvgIpc) is 1.83. The maximum atomic E-state index is 5.46. The van der Waals surface area contributed by atoms with Gasteiger partial charge >= 0.3 is 0 Å². The van der Waals surface area contributed by atoms with E-state index in [1.54, 1.807) is 0 Å². The lowest BCUT2D eigenvalue weighted by Crippen LogP contribution is -2.15. The van der Waals surface area contributed by atoms with Crippen molar-refractivity contribution in [2.45, 2.75) is 13.3 Å². The van der Waals surface area contributed by atoms with Crippen LogP contribution in [0.1, 0.15) is 13.3 Å². The lowest BCUT2D eigenvalue weighted by atomic mass is 10.1. The van der Waals surface area contributed by atoms with Crippen LogP contribution in [0.15, 0.2) is 0 Å². The molecule has 0 rings (SSSR count). The van der Waals surface area contributed by atoms with Crippen molar-refractivity contribution in [1.82, 2.24) is 0 Å². The summed E-state index contributed by atoms with van der Waals surface area (Å²) in [6.07, 6.45) is 3.34. The van der Waals surface area contributed by atoms with Crippen LogP contribution < -0.4 is 5.73 Å². The van der Waals surface area contributed by atoms with E-state index in [1.807, 2.05) is 11.8 Å². The zero-order chi connectivity index (χ0) is 6.41. The second kappa shape index (κ2) is 5.45. The fraction of sp³-hybridized carbons (Fsp3) is 1.00. The molecule has 50 valence electrons. The summed E-state index contributed by atoms with van der Waals surface area (Å²) in [5.41, 5.74) is 5.46. The topological polar surface area (TPSA) is 26.0 Å². The number of hydrogen-bond acceptors (Lipinski definition) is 2. The maximum Gasteiger partial charge on any atom is -0.00300 e. The second-order valence-corrected chi connectivity index (χ2v) is 2.88. The first-order valence-electron chi connectivity index (χ1n) is 3.04. The molecule has 2 heteroatoms. The normalized spacial score (nSPS) is 13.9. The first-order valence-corrected chi connectivity index (χ1v) is 4.43. The van der Waals surface area contributed by atoms with E-state index in [9.17, 15) is 0 Å². The summed E-state index contributed by atoms with van der Waals surface area (Å²) >= 11 is 1.88. The summed E-state index contributed by atoms with van der Waals surface area (Å²) in [6, 6.07) is 0. The van der Waals surface area contributed by atoms with Crippen LogP contribution in [0, 0.1) is 5.92 Å². The molecule has 2 N–H and O–H groups in total. The fourth-order valence-corrected chi connectivity index (χ4v) is 1.43. The quantitative estimate of drug-likeness (QED) is 0.626. The minimum atomic E-state index is 0.741. The molecule has 0 amide bonds. The zero-order valence-electron chi connectivity index (χ0n) is 5.68. The molecule has 0 bridgehead atoms. The van der Waals surface area contributed by atoms with E-state index in [-0.39, 0.29) is 0 Å². The van der Waals surface area contributed by atoms with Crippen molar-refractivity contribution in [2.75, 3.05) is 18.6 Å². The molecule has 0 fully saturated rings. The van der Waals surface area contributed by atoms with E-state index in [2.05, 4.69) is 13.2 Å². The third-order valence-electron chi connectivity index (χ3n) is 1.31. The van der Waals surface area contributed by atoms with E-state index in [4.69, 9.17) is 5.73 Å². The monoisotopic (exact) mass is 133 g/mol. The van der Waals surface area contributed by atoms with Crippen LogP contribution in [0.3, 0.4) is 0 Å². The predicted molar refractivity (Wildman–Crippen MR) is 41.2 cm³/mol. The van der Waals surface area contributed by atoms with E-state index in [0.717, 1.165) is 12.5 Å². The maximum absolute atomic E-state index is 5.46. The van der Waals surface area contributed by atoms with Gasteiger partial charge in [-0.1, -0.05) is 13.3 Å². The van der Waals surface area contributed by atoms with E-state index in [0.29, 0.717) is 0 Å². The van der Waals surface area contributed by atoms with Gasteiger partial charge in [0.1, 0.15) is 0 Å². The molecule has 0 aliphatic rings. The lowest BCUT2D eigenvalue weighted by molar-refractivity contribution is 0.586. The highest BCUT2D eigenvalue weighted by molar-refractivity contribution is 7.98. The Morgan fingerprint density at radius 2 is 2.25 bits per heavy atom. The molecule has 0 aromatic rings. The number of rotatable bonds is 4. The van der Waals surface area contributed by atoms with Crippen molar-refractivity contribution in [2.24, 2.45) is 11.7 Å². The molecule has 0 aliphatic heterocycles. The smallest absolute Gasteiger partial charge is 0.00300 e. The molecule has 0 saturated heterocycles. The molecule has 0 spiro atoms. The second-order valence-electron chi connectivity index (χ2n) is 1.97. The number of hydrogen-bond donors (Lipinski definition) is 1. The van der Waals surface area contributed by atoms with Crippen molar-refractivity contribution in [1.29, 1.82) is 0 Å². The molecule has 0 aromatic carbocycles. The molecule has 1 atom stereocenters. The van der Waals surface area contributed by atoms with Crippen LogP contribution in [0.5, 0.6) is 0 Å². The third kappa shape index (κ3) is 3.33. The average molecular weight is 133 g/mol. The molecule has 0 saturated carbocycles. The van der Waals surface area contributed by atoms with Crippen LogP contribution in [-0.4, -0.2) is 18.6 Å². The van der Waals surface area contributed by atoms with E-state index >= 15 is 0 Å². The fourth-order valence-electron chi connectivity index (χ4n) is 0.588. The van der Waals surface area contributed by atoms with E-state index in [1.165, 1.54) is 12.2 Å². The molecule has 8 heavy (non-hydrogen) atoms. The standard InChI is InChI=1S/C6H15NS/c1-3-6(4-7)5-8-2/h6H,3-5,7H2,1-2H3. The highest BCUT2D eigenvalue weighted by Gasteiger charge is 1.99. The van der Waals surface area contributed by atoms with Gasteiger partial charge in [0.15, 0.2) is 0 Å². The summed E-state index contributed by atoms with van der Waals surface area (Å²) in [4.78, 5) is 0. The summed E-state index contributed by atoms with van der Waals surface area (Å²) in [5.74, 6) is 1.96. The van der Waals surface area contributed by atoms with Crippen LogP contribution in [0.2, 0.25) is 0 Å². The Bertz CT molecular complexity index is 43.8. The SMILES string of the molecule is CCC(CN)CSC. The Morgan fingerprint density at radius 3 is 2.38 bits per heavy atom. The number of thioether (sulfide) groups is 1. The Kier molecular flexibility index (Phi) is 5.66. The van der Waals surface area contributed by atoms with Crippen LogP contribution >= 0.6 is 11.8 Å². The Hall–Kier alpha value is 0.310. The zero-order valence-corrected chi connectivity index (χ0v) is 6.50. The summed E-state index contributed by atoms with van der Waals surface area (Å²) in [7, 11) is 0. The molecule has 0 aliphatic carbocycles. The highest BCUT2D eigenvalue weighted by Crippen LogP contribution is 2.06. The third-order valence-corrected chi connectivity index (χ3v) is 2.12. The molecule has 1 unspecified atom stereocenters. The van der Waals surface area contributed by atoms with Crippen LogP contribution in [0.25, 0.3) is 0 Å². The molecule has 0 radical (unpaired) electrons. The summed E-state index contributed by atoms with van der Waals surface area (Å²) in [5, 5.41) is 0. The van der Waals surface area contributed by atoms with E-state index < -0.39 is 0 Å². The Morgan fingerprint density at radius 1 is 1.62 bits per heavy atom. The minimum Gasteiger partial charge on any atom is -0.330 e. The van der Waals surface area contributed by atoms with Crippen LogP contribution in [-0.2, 0) is 0 Å². The van der Waals surface area contributed by atoms with Gasteiger partial charge in [-0.2, -0.15) is 11.8 Å². The molecule has 1 nitrogen and oxygen atoms in total. The molecular weight excluding hydrogens is 118 g/mol. The largest absolute Gasteiger partial charge is 0.330 e. The highest BCUT2D eigenvalue weighted by atomic mass is 32.2. The Balaban J connectivity index is 3.07. The van der Waals surface area contributed by atoms with Crippen molar-refractivity contribution < 1.29 is 0 Å². The van der Waals surface area contributed by atoms with Gasteiger partial charge in [-0.15, -0.1) is 0 Å². The minimum absolute atomic E-state index is 0.741. The first-order chi connectivity index (χ1) is 3.85. The van der Waals surface area contributed by atoms with Gasteiger partial charge in [0.2, 0.25) is 0 Å². The van der Waals surface area contributed by atoms with Gasteiger partial charge < -0.3 is 5.73 Å². The lowest BCUT2D eigenvalue weighted by Gasteiger charge is -2.07. The predicted octanol–water partition coefficient (Wildman–Crippen LogP) is 1.33. The van der Waals surface area contributed by atoms with Gasteiger partial charge in [-0.3, -0.25) is 0 Å². The molecule has 0 aromatic heterocycles. The van der Waals surface area contributed by atoms with Gasteiger partial charge in [0.25, 0.3) is 0 Å². The van der Waals surface area contributed by atoms with Gasteiger partial charge in [0.05, 0.1) is 0 Å². The molecular formula is C6H15NS. The van der Waals surface area contributed by atoms with Crippen molar-refractivity contribution >= 4 is 11.8 Å². The van der Waals surface area contributed by atoms with Gasteiger partial charge in [-0.25, -0.2) is 0 Å². The first kappa shape index (κ1) is 8.31. The summed E-state index contributed by atoms with van der Waals surface area (Å²) in [6.45, 7) is 3.03.